The molecule has 3 rings (SSSR count). The van der Waals surface area contributed by atoms with Crippen LogP contribution in [0, 0.1) is 0 Å². The third-order valence-corrected chi connectivity index (χ3v) is 6.76. The predicted molar refractivity (Wildman–Crippen MR) is 106 cm³/mol. The fraction of sp³-hybridized carbons (Fsp3) is 0.727. The number of ether oxygens (including phenoxy) is 1. The summed E-state index contributed by atoms with van der Waals surface area (Å²) in [6.07, 6.45) is 4.48. The molecule has 3 nitrogen and oxygen atoms in total. The highest BCUT2D eigenvalue weighted by Gasteiger charge is 2.37. The average Bonchev–Trinajstić information content (AvgIpc) is 2.69. The van der Waals surface area contributed by atoms with Crippen molar-refractivity contribution in [1.82, 2.24) is 9.80 Å². The van der Waals surface area contributed by atoms with Crippen molar-refractivity contribution in [1.29, 1.82) is 0 Å². The molecule has 0 amide bonds. The molecule has 1 saturated heterocycles. The predicted octanol–water partition coefficient (Wildman–Crippen LogP) is 5.20. The number of hydrogen-bond donors (Lipinski definition) is 0. The minimum atomic E-state index is -4.38. The molecule has 1 aromatic rings. The van der Waals surface area contributed by atoms with Gasteiger partial charge in [-0.1, -0.05) is 31.4 Å². The Hall–Kier alpha value is -1.27. The molecule has 1 saturated carbocycles. The molecule has 1 aliphatic heterocycles. The van der Waals surface area contributed by atoms with E-state index >= 15 is 0 Å². The first-order valence-corrected chi connectivity index (χ1v) is 10.5. The van der Waals surface area contributed by atoms with E-state index in [1.54, 1.807) is 6.07 Å². The van der Waals surface area contributed by atoms with Crippen molar-refractivity contribution in [2.45, 2.75) is 69.6 Å². The first-order chi connectivity index (χ1) is 13.3. The number of halogens is 3. The van der Waals surface area contributed by atoms with Gasteiger partial charge in [0.25, 0.3) is 0 Å². The fourth-order valence-corrected chi connectivity index (χ4v) is 4.63. The van der Waals surface area contributed by atoms with Gasteiger partial charge in [0.05, 0.1) is 5.56 Å². The molecule has 0 N–H and O–H groups in total. The molecule has 1 heterocycles. The van der Waals surface area contributed by atoms with Crippen LogP contribution in [0.4, 0.5) is 13.2 Å². The summed E-state index contributed by atoms with van der Waals surface area (Å²) in [4.78, 5) is 4.92. The Labute approximate surface area is 166 Å². The Morgan fingerprint density at radius 2 is 1.75 bits per heavy atom. The number of rotatable bonds is 6. The number of hydrogen-bond acceptors (Lipinski definition) is 3. The van der Waals surface area contributed by atoms with Crippen LogP contribution in [0.2, 0.25) is 0 Å². The van der Waals surface area contributed by atoms with Crippen LogP contribution in [0.15, 0.2) is 24.3 Å². The van der Waals surface area contributed by atoms with Crippen molar-refractivity contribution in [2.75, 3.05) is 33.3 Å². The molecule has 0 spiro atoms. The number of alkyl halides is 3. The Balaban J connectivity index is 1.46. The van der Waals surface area contributed by atoms with E-state index < -0.39 is 11.7 Å². The monoisotopic (exact) mass is 398 g/mol. The number of para-hydroxylation sites is 1. The Kier molecular flexibility index (Phi) is 6.92. The molecular formula is C22H33F3N2O. The van der Waals surface area contributed by atoms with Crippen molar-refractivity contribution < 1.29 is 17.9 Å². The van der Waals surface area contributed by atoms with Gasteiger partial charge in [-0.25, -0.2) is 0 Å². The molecule has 1 aliphatic carbocycles. The summed E-state index contributed by atoms with van der Waals surface area (Å²) in [6.45, 7) is 5.25. The largest absolute Gasteiger partial charge is 0.492 e. The highest BCUT2D eigenvalue weighted by atomic mass is 19.4. The van der Waals surface area contributed by atoms with Crippen LogP contribution in [-0.2, 0) is 6.18 Å². The molecule has 2 aliphatic rings. The van der Waals surface area contributed by atoms with E-state index in [1.807, 2.05) is 0 Å². The van der Waals surface area contributed by atoms with Crippen LogP contribution in [0.25, 0.3) is 0 Å². The maximum atomic E-state index is 13.0. The van der Waals surface area contributed by atoms with Gasteiger partial charge in [0, 0.05) is 31.2 Å². The van der Waals surface area contributed by atoms with Gasteiger partial charge in [0.1, 0.15) is 12.4 Å². The average molecular weight is 399 g/mol. The van der Waals surface area contributed by atoms with E-state index in [-0.39, 0.29) is 17.9 Å². The summed E-state index contributed by atoms with van der Waals surface area (Å²) in [5.74, 6) is -0.0751. The van der Waals surface area contributed by atoms with Crippen molar-refractivity contribution in [3.8, 4) is 5.75 Å². The van der Waals surface area contributed by atoms with Crippen LogP contribution >= 0.6 is 0 Å². The zero-order chi connectivity index (χ0) is 20.2. The molecule has 1 aromatic carbocycles. The van der Waals surface area contributed by atoms with Gasteiger partial charge in [0.2, 0.25) is 0 Å². The van der Waals surface area contributed by atoms with Gasteiger partial charge in [-0.2, -0.15) is 13.2 Å². The van der Waals surface area contributed by atoms with Gasteiger partial charge < -0.3 is 4.74 Å². The van der Waals surface area contributed by atoms with E-state index in [0.29, 0.717) is 12.6 Å². The Morgan fingerprint density at radius 1 is 1.11 bits per heavy atom. The van der Waals surface area contributed by atoms with E-state index in [9.17, 15) is 13.2 Å². The summed E-state index contributed by atoms with van der Waals surface area (Å²) in [5, 5.41) is 0. The quantitative estimate of drug-likeness (QED) is 0.655. The van der Waals surface area contributed by atoms with E-state index in [0.717, 1.165) is 32.0 Å². The molecule has 28 heavy (non-hydrogen) atoms. The SMILES string of the molecule is CN(C1CCCCC1)C1(C)CCN(CCOc2ccccc2C(F)(F)F)CC1. The zero-order valence-corrected chi connectivity index (χ0v) is 17.1. The molecule has 158 valence electrons. The van der Waals surface area contributed by atoms with Crippen LogP contribution in [-0.4, -0.2) is 54.7 Å². The third-order valence-electron chi connectivity index (χ3n) is 6.76. The summed E-state index contributed by atoms with van der Waals surface area (Å²) >= 11 is 0. The first-order valence-electron chi connectivity index (χ1n) is 10.5. The van der Waals surface area contributed by atoms with Crippen LogP contribution < -0.4 is 4.74 Å². The standard InChI is InChI=1S/C22H33F3N2O/c1-21(26(2)18-8-4-3-5-9-18)12-14-27(15-13-21)16-17-28-20-11-7-6-10-19(20)22(23,24)25/h6-7,10-11,18H,3-5,8-9,12-17H2,1-2H3. The molecule has 0 bridgehead atoms. The lowest BCUT2D eigenvalue weighted by Crippen LogP contribution is -2.56. The highest BCUT2D eigenvalue weighted by molar-refractivity contribution is 5.35. The third kappa shape index (κ3) is 5.20. The van der Waals surface area contributed by atoms with Gasteiger partial charge in [-0.3, -0.25) is 9.80 Å². The molecule has 0 radical (unpaired) electrons. The van der Waals surface area contributed by atoms with Crippen molar-refractivity contribution >= 4 is 0 Å². The Bertz CT molecular complexity index is 620. The normalized spacial score (nSPS) is 21.8. The smallest absolute Gasteiger partial charge is 0.419 e. The van der Waals surface area contributed by atoms with Gasteiger partial charge in [-0.05, 0) is 51.8 Å². The van der Waals surface area contributed by atoms with Gasteiger partial charge >= 0.3 is 6.18 Å². The van der Waals surface area contributed by atoms with Crippen molar-refractivity contribution in [2.24, 2.45) is 0 Å². The Morgan fingerprint density at radius 3 is 2.39 bits per heavy atom. The number of likely N-dealkylation sites (tertiary alicyclic amines) is 1. The summed E-state index contributed by atoms with van der Waals surface area (Å²) in [5.41, 5.74) is -0.474. The molecule has 0 unspecified atom stereocenters. The second kappa shape index (κ2) is 9.04. The number of benzene rings is 1. The maximum Gasteiger partial charge on any atom is 0.419 e. The topological polar surface area (TPSA) is 15.7 Å². The minimum absolute atomic E-state index is 0.0751. The summed E-state index contributed by atoms with van der Waals surface area (Å²) < 4.78 is 44.6. The number of piperidine rings is 1. The second-order valence-corrected chi connectivity index (χ2v) is 8.58. The van der Waals surface area contributed by atoms with Crippen LogP contribution in [0.3, 0.4) is 0 Å². The molecule has 2 fully saturated rings. The minimum Gasteiger partial charge on any atom is -0.492 e. The summed E-state index contributed by atoms with van der Waals surface area (Å²) in [7, 11) is 2.28. The maximum absolute atomic E-state index is 13.0. The highest BCUT2D eigenvalue weighted by Crippen LogP contribution is 2.36. The van der Waals surface area contributed by atoms with Crippen LogP contribution in [0.5, 0.6) is 5.75 Å². The van der Waals surface area contributed by atoms with Gasteiger partial charge in [-0.15, -0.1) is 0 Å². The van der Waals surface area contributed by atoms with Crippen molar-refractivity contribution in [3.63, 3.8) is 0 Å². The fourth-order valence-electron chi connectivity index (χ4n) is 4.63. The first kappa shape index (κ1) is 21.4. The van der Waals surface area contributed by atoms with Gasteiger partial charge in [0.15, 0.2) is 0 Å². The molecular weight excluding hydrogens is 365 g/mol. The lowest BCUT2D eigenvalue weighted by atomic mass is 9.84. The summed E-state index contributed by atoms with van der Waals surface area (Å²) in [6, 6.07) is 6.15. The molecule has 0 atom stereocenters. The second-order valence-electron chi connectivity index (χ2n) is 8.58. The lowest BCUT2D eigenvalue weighted by Gasteiger charge is -2.49. The molecule has 6 heteroatoms. The number of nitrogens with zero attached hydrogens (tertiary/aromatic N) is 2. The van der Waals surface area contributed by atoms with Crippen molar-refractivity contribution in [3.05, 3.63) is 29.8 Å². The molecule has 0 aromatic heterocycles. The lowest BCUT2D eigenvalue weighted by molar-refractivity contribution is -0.139. The zero-order valence-electron chi connectivity index (χ0n) is 17.1. The van der Waals surface area contributed by atoms with Crippen LogP contribution in [0.1, 0.15) is 57.4 Å². The van der Waals surface area contributed by atoms with E-state index in [1.165, 1.54) is 44.2 Å². The van der Waals surface area contributed by atoms with E-state index in [2.05, 4.69) is 23.8 Å². The van der Waals surface area contributed by atoms with E-state index in [4.69, 9.17) is 4.74 Å².